The van der Waals surface area contributed by atoms with E-state index in [1.807, 2.05) is 6.20 Å². The predicted octanol–water partition coefficient (Wildman–Crippen LogP) is 2.45. The average molecular weight is 262 g/mol. The largest absolute Gasteiger partial charge is 0.339 e. The van der Waals surface area contributed by atoms with Gasteiger partial charge in [0.05, 0.1) is 0 Å². The summed E-state index contributed by atoms with van der Waals surface area (Å²) in [7, 11) is 0. The molecule has 19 heavy (non-hydrogen) atoms. The third kappa shape index (κ3) is 3.90. The molecule has 1 saturated heterocycles. The summed E-state index contributed by atoms with van der Waals surface area (Å²) < 4.78 is 0. The van der Waals surface area contributed by atoms with Gasteiger partial charge in [-0.1, -0.05) is 19.8 Å². The van der Waals surface area contributed by atoms with Crippen molar-refractivity contribution in [3.8, 4) is 0 Å². The Morgan fingerprint density at radius 3 is 2.95 bits per heavy atom. The lowest BCUT2D eigenvalue weighted by Crippen LogP contribution is -2.43. The molecule has 1 aliphatic rings. The fourth-order valence-electron chi connectivity index (χ4n) is 2.63. The molecule has 2 heterocycles. The van der Waals surface area contributed by atoms with Crippen molar-refractivity contribution in [2.75, 3.05) is 18.0 Å². The van der Waals surface area contributed by atoms with Crippen LogP contribution in [0.15, 0.2) is 6.20 Å². The Morgan fingerprint density at radius 1 is 1.42 bits per heavy atom. The molecule has 0 bridgehead atoms. The van der Waals surface area contributed by atoms with Crippen molar-refractivity contribution in [1.29, 1.82) is 0 Å². The van der Waals surface area contributed by atoms with Gasteiger partial charge in [0.25, 0.3) is 0 Å². The molecule has 2 rings (SSSR count). The maximum Gasteiger partial charge on any atom is 0.225 e. The summed E-state index contributed by atoms with van der Waals surface area (Å²) in [5.41, 5.74) is 8.43. The lowest BCUT2D eigenvalue weighted by molar-refractivity contribution is 0.499. The van der Waals surface area contributed by atoms with Crippen LogP contribution in [0.1, 0.15) is 50.3 Å². The molecule has 1 aromatic rings. The van der Waals surface area contributed by atoms with Gasteiger partial charge in [0, 0.05) is 31.0 Å². The van der Waals surface area contributed by atoms with Crippen LogP contribution in [0.3, 0.4) is 0 Å². The van der Waals surface area contributed by atoms with E-state index in [0.29, 0.717) is 0 Å². The fourth-order valence-corrected chi connectivity index (χ4v) is 2.63. The SMILES string of the molecule is CCCCCc1cnc(N2CCCC(N)C2)nc1C. The van der Waals surface area contributed by atoms with E-state index in [1.54, 1.807) is 0 Å². The first-order valence-corrected chi connectivity index (χ1v) is 7.53. The van der Waals surface area contributed by atoms with E-state index < -0.39 is 0 Å². The smallest absolute Gasteiger partial charge is 0.225 e. The van der Waals surface area contributed by atoms with Crippen LogP contribution in [0.4, 0.5) is 5.95 Å². The van der Waals surface area contributed by atoms with E-state index in [-0.39, 0.29) is 6.04 Å². The van der Waals surface area contributed by atoms with Gasteiger partial charge in [0.2, 0.25) is 5.95 Å². The molecule has 1 atom stereocenters. The summed E-state index contributed by atoms with van der Waals surface area (Å²) in [4.78, 5) is 11.4. The third-order valence-electron chi connectivity index (χ3n) is 3.86. The lowest BCUT2D eigenvalue weighted by atomic mass is 10.1. The number of nitrogens with two attached hydrogens (primary N) is 1. The number of nitrogens with zero attached hydrogens (tertiary/aromatic N) is 3. The monoisotopic (exact) mass is 262 g/mol. The number of aryl methyl sites for hydroxylation is 2. The maximum absolute atomic E-state index is 6.01. The van der Waals surface area contributed by atoms with Crippen molar-refractivity contribution >= 4 is 5.95 Å². The summed E-state index contributed by atoms with van der Waals surface area (Å²) in [5, 5.41) is 0. The molecule has 1 aromatic heterocycles. The minimum atomic E-state index is 0.266. The van der Waals surface area contributed by atoms with Crippen molar-refractivity contribution in [2.24, 2.45) is 5.73 Å². The number of unbranched alkanes of at least 4 members (excludes halogenated alkanes) is 2. The van der Waals surface area contributed by atoms with Crippen molar-refractivity contribution in [1.82, 2.24) is 9.97 Å². The van der Waals surface area contributed by atoms with Gasteiger partial charge < -0.3 is 10.6 Å². The molecule has 0 saturated carbocycles. The normalized spacial score (nSPS) is 19.7. The first kappa shape index (κ1) is 14.3. The molecule has 1 unspecified atom stereocenters. The molecule has 4 nitrogen and oxygen atoms in total. The Hall–Kier alpha value is -1.16. The average Bonchev–Trinajstić information content (AvgIpc) is 2.41. The number of hydrogen-bond donors (Lipinski definition) is 1. The Labute approximate surface area is 116 Å². The molecule has 0 aromatic carbocycles. The Kier molecular flexibility index (Phi) is 5.14. The second-order valence-electron chi connectivity index (χ2n) is 5.59. The van der Waals surface area contributed by atoms with Crippen LogP contribution in [0.25, 0.3) is 0 Å². The van der Waals surface area contributed by atoms with E-state index in [9.17, 15) is 0 Å². The van der Waals surface area contributed by atoms with Gasteiger partial charge >= 0.3 is 0 Å². The second-order valence-corrected chi connectivity index (χ2v) is 5.59. The Balaban J connectivity index is 2.01. The first-order valence-electron chi connectivity index (χ1n) is 7.53. The zero-order valence-corrected chi connectivity index (χ0v) is 12.2. The van der Waals surface area contributed by atoms with Gasteiger partial charge in [-0.25, -0.2) is 9.97 Å². The molecular weight excluding hydrogens is 236 g/mol. The zero-order valence-electron chi connectivity index (χ0n) is 12.2. The topological polar surface area (TPSA) is 55.0 Å². The molecule has 106 valence electrons. The minimum absolute atomic E-state index is 0.266. The highest BCUT2D eigenvalue weighted by Gasteiger charge is 2.19. The Bertz CT molecular complexity index is 405. The highest BCUT2D eigenvalue weighted by Crippen LogP contribution is 2.17. The zero-order chi connectivity index (χ0) is 13.7. The molecule has 1 fully saturated rings. The van der Waals surface area contributed by atoms with Crippen LogP contribution in [-0.2, 0) is 6.42 Å². The van der Waals surface area contributed by atoms with Crippen LogP contribution in [0.2, 0.25) is 0 Å². The van der Waals surface area contributed by atoms with E-state index in [4.69, 9.17) is 5.73 Å². The summed E-state index contributed by atoms with van der Waals surface area (Å²) >= 11 is 0. The number of rotatable bonds is 5. The predicted molar refractivity (Wildman–Crippen MR) is 79.4 cm³/mol. The Morgan fingerprint density at radius 2 is 2.26 bits per heavy atom. The third-order valence-corrected chi connectivity index (χ3v) is 3.86. The van der Waals surface area contributed by atoms with Crippen LogP contribution in [-0.4, -0.2) is 29.1 Å². The minimum Gasteiger partial charge on any atom is -0.339 e. The molecule has 0 radical (unpaired) electrons. The van der Waals surface area contributed by atoms with E-state index in [0.717, 1.165) is 44.0 Å². The molecule has 2 N–H and O–H groups in total. The van der Waals surface area contributed by atoms with Gasteiger partial charge in [-0.2, -0.15) is 0 Å². The lowest BCUT2D eigenvalue weighted by Gasteiger charge is -2.30. The number of anilines is 1. The molecule has 0 amide bonds. The van der Waals surface area contributed by atoms with Gasteiger partial charge in [-0.05, 0) is 38.2 Å². The molecule has 0 aliphatic carbocycles. The quantitative estimate of drug-likeness (QED) is 0.828. The highest BCUT2D eigenvalue weighted by molar-refractivity contribution is 5.34. The van der Waals surface area contributed by atoms with Crippen LogP contribution < -0.4 is 10.6 Å². The molecule has 0 spiro atoms. The van der Waals surface area contributed by atoms with Crippen LogP contribution >= 0.6 is 0 Å². The first-order chi connectivity index (χ1) is 9.20. The standard InChI is InChI=1S/C15H26N4/c1-3-4-5-7-13-10-17-15(18-12(13)2)19-9-6-8-14(16)11-19/h10,14H,3-9,11,16H2,1-2H3. The van der Waals surface area contributed by atoms with Crippen LogP contribution in [0.5, 0.6) is 0 Å². The van der Waals surface area contributed by atoms with Gasteiger partial charge in [0.1, 0.15) is 0 Å². The summed E-state index contributed by atoms with van der Waals surface area (Å²) in [6.45, 7) is 6.24. The highest BCUT2D eigenvalue weighted by atomic mass is 15.3. The van der Waals surface area contributed by atoms with E-state index in [1.165, 1.54) is 24.8 Å². The number of aromatic nitrogens is 2. The molecular formula is C15H26N4. The number of piperidine rings is 1. The number of hydrogen-bond acceptors (Lipinski definition) is 4. The fraction of sp³-hybridized carbons (Fsp3) is 0.733. The van der Waals surface area contributed by atoms with Crippen molar-refractivity contribution in [2.45, 2.75) is 58.4 Å². The van der Waals surface area contributed by atoms with Crippen LogP contribution in [0, 0.1) is 6.92 Å². The van der Waals surface area contributed by atoms with Crippen molar-refractivity contribution in [3.63, 3.8) is 0 Å². The molecule has 4 heteroatoms. The van der Waals surface area contributed by atoms with Gasteiger partial charge in [0.15, 0.2) is 0 Å². The maximum atomic E-state index is 6.01. The summed E-state index contributed by atoms with van der Waals surface area (Å²) in [5.74, 6) is 0.854. The summed E-state index contributed by atoms with van der Waals surface area (Å²) in [6, 6.07) is 0.266. The van der Waals surface area contributed by atoms with Crippen molar-refractivity contribution in [3.05, 3.63) is 17.5 Å². The second kappa shape index (κ2) is 6.85. The van der Waals surface area contributed by atoms with Crippen molar-refractivity contribution < 1.29 is 0 Å². The van der Waals surface area contributed by atoms with Gasteiger partial charge in [-0.3, -0.25) is 0 Å². The molecule has 1 aliphatic heterocycles. The summed E-state index contributed by atoms with van der Waals surface area (Å²) in [6.07, 6.45) is 9.12. The van der Waals surface area contributed by atoms with E-state index >= 15 is 0 Å². The van der Waals surface area contributed by atoms with E-state index in [2.05, 4.69) is 28.7 Å². The van der Waals surface area contributed by atoms with Gasteiger partial charge in [-0.15, -0.1) is 0 Å².